The molecule has 0 aliphatic carbocycles. The highest BCUT2D eigenvalue weighted by molar-refractivity contribution is 7.89. The van der Waals surface area contributed by atoms with E-state index in [0.717, 1.165) is 15.1 Å². The standard InChI is InChI=1S/C26H21Cl2N3O4S/c27-23-12-10-18(14-24(23)28)16-31(36(34,35)20-7-2-1-3-8-20)17-26(33)30-29-15-22-21-9-5-4-6-19(21)11-13-25(22)32/h1-15,32H,16-17H2,(H,30,33)/b29-15+. The minimum absolute atomic E-state index is 0.000372. The summed E-state index contributed by atoms with van der Waals surface area (Å²) in [4.78, 5) is 12.8. The molecule has 0 fully saturated rings. The van der Waals surface area contributed by atoms with E-state index in [2.05, 4.69) is 10.5 Å². The van der Waals surface area contributed by atoms with Gasteiger partial charge in [0.15, 0.2) is 0 Å². The van der Waals surface area contributed by atoms with Gasteiger partial charge >= 0.3 is 0 Å². The number of carbonyl (C=O) groups is 1. The van der Waals surface area contributed by atoms with E-state index in [4.69, 9.17) is 23.2 Å². The number of phenols is 1. The second-order valence-corrected chi connectivity index (χ2v) is 10.6. The van der Waals surface area contributed by atoms with E-state index in [1.165, 1.54) is 24.4 Å². The number of sulfonamides is 1. The molecule has 0 spiro atoms. The summed E-state index contributed by atoms with van der Waals surface area (Å²) >= 11 is 12.1. The molecule has 0 aromatic heterocycles. The molecule has 0 heterocycles. The van der Waals surface area contributed by atoms with E-state index in [1.54, 1.807) is 42.5 Å². The van der Waals surface area contributed by atoms with Crippen molar-refractivity contribution in [2.45, 2.75) is 11.4 Å². The lowest BCUT2D eigenvalue weighted by Gasteiger charge is -2.21. The van der Waals surface area contributed by atoms with Gasteiger partial charge < -0.3 is 5.11 Å². The van der Waals surface area contributed by atoms with Crippen LogP contribution in [0.2, 0.25) is 10.0 Å². The van der Waals surface area contributed by atoms with Crippen LogP contribution in [0.1, 0.15) is 11.1 Å². The molecule has 0 saturated carbocycles. The smallest absolute Gasteiger partial charge is 0.255 e. The number of amides is 1. The van der Waals surface area contributed by atoms with Gasteiger partial charge in [-0.25, -0.2) is 13.8 Å². The zero-order valence-corrected chi connectivity index (χ0v) is 21.1. The highest BCUT2D eigenvalue weighted by Gasteiger charge is 2.27. The third kappa shape index (κ3) is 5.85. The first-order chi connectivity index (χ1) is 17.3. The first-order valence-electron chi connectivity index (χ1n) is 10.8. The average molecular weight is 542 g/mol. The van der Waals surface area contributed by atoms with Crippen LogP contribution >= 0.6 is 23.2 Å². The monoisotopic (exact) mass is 541 g/mol. The topological polar surface area (TPSA) is 99.1 Å². The van der Waals surface area contributed by atoms with Crippen LogP contribution in [0.25, 0.3) is 10.8 Å². The van der Waals surface area contributed by atoms with Crippen LogP contribution in [0.15, 0.2) is 94.9 Å². The molecule has 184 valence electrons. The van der Waals surface area contributed by atoms with Crippen molar-refractivity contribution >= 4 is 56.1 Å². The van der Waals surface area contributed by atoms with Crippen molar-refractivity contribution in [3.63, 3.8) is 0 Å². The predicted molar refractivity (Wildman–Crippen MR) is 142 cm³/mol. The van der Waals surface area contributed by atoms with Crippen molar-refractivity contribution in [1.82, 2.24) is 9.73 Å². The second kappa shape index (κ2) is 11.1. The number of fused-ring (bicyclic) bond motifs is 1. The summed E-state index contributed by atoms with van der Waals surface area (Å²) in [5.41, 5.74) is 3.33. The Morgan fingerprint density at radius 2 is 1.67 bits per heavy atom. The summed E-state index contributed by atoms with van der Waals surface area (Å²) in [5.74, 6) is -0.662. The zero-order valence-electron chi connectivity index (χ0n) is 18.8. The SMILES string of the molecule is O=C(CN(Cc1ccc(Cl)c(Cl)c1)S(=O)(=O)c1ccccc1)N/N=C/c1c(O)ccc2ccccc12. The predicted octanol–water partition coefficient (Wildman–Crippen LogP) is 5.19. The minimum Gasteiger partial charge on any atom is -0.507 e. The Balaban J connectivity index is 1.56. The molecule has 0 unspecified atom stereocenters. The Morgan fingerprint density at radius 1 is 0.944 bits per heavy atom. The summed E-state index contributed by atoms with van der Waals surface area (Å²) in [7, 11) is -4.03. The van der Waals surface area contributed by atoms with E-state index in [9.17, 15) is 18.3 Å². The quantitative estimate of drug-likeness (QED) is 0.236. The van der Waals surface area contributed by atoms with Crippen molar-refractivity contribution in [3.05, 3.63) is 106 Å². The number of aromatic hydroxyl groups is 1. The molecule has 0 aliphatic rings. The maximum Gasteiger partial charge on any atom is 0.255 e. The van der Waals surface area contributed by atoms with Gasteiger partial charge in [-0.3, -0.25) is 4.79 Å². The lowest BCUT2D eigenvalue weighted by molar-refractivity contribution is -0.121. The molecule has 7 nitrogen and oxygen atoms in total. The number of rotatable bonds is 8. The van der Waals surface area contributed by atoms with Gasteiger partial charge in [0.05, 0.1) is 27.7 Å². The van der Waals surface area contributed by atoms with E-state index in [-0.39, 0.29) is 22.2 Å². The Morgan fingerprint density at radius 3 is 2.42 bits per heavy atom. The lowest BCUT2D eigenvalue weighted by Crippen LogP contribution is -2.39. The van der Waals surface area contributed by atoms with Crippen molar-refractivity contribution < 1.29 is 18.3 Å². The molecule has 0 aliphatic heterocycles. The Hall–Kier alpha value is -3.43. The van der Waals surface area contributed by atoms with Crippen LogP contribution in [-0.2, 0) is 21.4 Å². The zero-order chi connectivity index (χ0) is 25.7. The van der Waals surface area contributed by atoms with Crippen LogP contribution in [0, 0.1) is 0 Å². The Bertz CT molecular complexity index is 1540. The van der Waals surface area contributed by atoms with Crippen LogP contribution < -0.4 is 5.43 Å². The lowest BCUT2D eigenvalue weighted by atomic mass is 10.0. The molecule has 10 heteroatoms. The number of halogens is 2. The molecule has 4 rings (SSSR count). The van der Waals surface area contributed by atoms with Gasteiger partial charge in [0, 0.05) is 12.1 Å². The van der Waals surface area contributed by atoms with Gasteiger partial charge in [-0.1, -0.05) is 77.8 Å². The Labute approximate surface area is 218 Å². The number of benzene rings is 4. The van der Waals surface area contributed by atoms with Crippen LogP contribution in [0.4, 0.5) is 0 Å². The third-order valence-corrected chi connectivity index (χ3v) is 7.92. The molecule has 0 atom stereocenters. The van der Waals surface area contributed by atoms with Crippen LogP contribution in [0.3, 0.4) is 0 Å². The summed E-state index contributed by atoms with van der Waals surface area (Å²) in [6.07, 6.45) is 1.32. The van der Waals surface area contributed by atoms with Crippen LogP contribution in [-0.4, -0.2) is 36.5 Å². The van der Waals surface area contributed by atoms with Gasteiger partial charge in [0.25, 0.3) is 5.91 Å². The van der Waals surface area contributed by atoms with E-state index in [1.807, 2.05) is 24.3 Å². The molecule has 2 N–H and O–H groups in total. The second-order valence-electron chi connectivity index (χ2n) is 7.85. The average Bonchev–Trinajstić information content (AvgIpc) is 2.87. The molecule has 0 bridgehead atoms. The molecule has 0 radical (unpaired) electrons. The largest absolute Gasteiger partial charge is 0.507 e. The molecule has 0 saturated heterocycles. The van der Waals surface area contributed by atoms with Crippen LogP contribution in [0.5, 0.6) is 5.75 Å². The summed E-state index contributed by atoms with van der Waals surface area (Å²) in [5, 5.41) is 16.4. The molecular formula is C26H21Cl2N3O4S. The summed E-state index contributed by atoms with van der Waals surface area (Å²) in [6.45, 7) is -0.619. The molecule has 36 heavy (non-hydrogen) atoms. The normalized spacial score (nSPS) is 11.9. The highest BCUT2D eigenvalue weighted by Crippen LogP contribution is 2.26. The third-order valence-electron chi connectivity index (χ3n) is 5.37. The molecule has 1 amide bonds. The number of hydrogen-bond acceptors (Lipinski definition) is 5. The minimum atomic E-state index is -4.03. The summed E-state index contributed by atoms with van der Waals surface area (Å²) in [6, 6.07) is 23.3. The van der Waals surface area contributed by atoms with Gasteiger partial charge in [-0.2, -0.15) is 9.41 Å². The molecular weight excluding hydrogens is 521 g/mol. The fourth-order valence-electron chi connectivity index (χ4n) is 3.59. The first kappa shape index (κ1) is 25.7. The van der Waals surface area contributed by atoms with E-state index in [0.29, 0.717) is 16.1 Å². The fourth-order valence-corrected chi connectivity index (χ4v) is 5.32. The number of carbonyl (C=O) groups excluding carboxylic acids is 1. The van der Waals surface area contributed by atoms with Crippen molar-refractivity contribution in [1.29, 1.82) is 0 Å². The van der Waals surface area contributed by atoms with Gasteiger partial charge in [0.1, 0.15) is 5.75 Å². The van der Waals surface area contributed by atoms with Crippen molar-refractivity contribution in [2.24, 2.45) is 5.10 Å². The number of nitrogens with zero attached hydrogens (tertiary/aromatic N) is 2. The Kier molecular flexibility index (Phi) is 7.91. The maximum atomic E-state index is 13.3. The number of nitrogens with one attached hydrogen (secondary N) is 1. The molecule has 4 aromatic rings. The highest BCUT2D eigenvalue weighted by atomic mass is 35.5. The van der Waals surface area contributed by atoms with Gasteiger partial charge in [0.2, 0.25) is 10.0 Å². The van der Waals surface area contributed by atoms with Crippen molar-refractivity contribution in [2.75, 3.05) is 6.54 Å². The number of hydrogen-bond donors (Lipinski definition) is 2. The summed E-state index contributed by atoms with van der Waals surface area (Å²) < 4.78 is 27.7. The maximum absolute atomic E-state index is 13.3. The van der Waals surface area contributed by atoms with Crippen molar-refractivity contribution in [3.8, 4) is 5.75 Å². The number of hydrazone groups is 1. The van der Waals surface area contributed by atoms with Gasteiger partial charge in [-0.15, -0.1) is 0 Å². The first-order valence-corrected chi connectivity index (χ1v) is 13.0. The fraction of sp³-hybridized carbons (Fsp3) is 0.0769. The molecule has 4 aromatic carbocycles. The number of phenolic OH excluding ortho intramolecular Hbond substituents is 1. The van der Waals surface area contributed by atoms with E-state index >= 15 is 0 Å². The van der Waals surface area contributed by atoms with E-state index < -0.39 is 22.5 Å². The van der Waals surface area contributed by atoms with Gasteiger partial charge in [-0.05, 0) is 46.7 Å².